The zero-order valence-corrected chi connectivity index (χ0v) is 13.0. The molecule has 1 amide bonds. The minimum atomic E-state index is -0.359. The second-order valence-corrected chi connectivity index (χ2v) is 4.54. The third kappa shape index (κ3) is 4.90. The van der Waals surface area contributed by atoms with Crippen molar-refractivity contribution in [3.63, 3.8) is 0 Å². The molecule has 2 heterocycles. The number of nitrogens with two attached hydrogens (primary N) is 1. The third-order valence-corrected chi connectivity index (χ3v) is 3.21. The van der Waals surface area contributed by atoms with Gasteiger partial charge in [0.05, 0.1) is 18.3 Å². The highest BCUT2D eigenvalue weighted by molar-refractivity contribution is 5.85. The highest BCUT2D eigenvalue weighted by Gasteiger charge is 2.29. The third-order valence-electron chi connectivity index (χ3n) is 3.21. The van der Waals surface area contributed by atoms with Gasteiger partial charge < -0.3 is 15.8 Å². The maximum atomic E-state index is 11.9. The van der Waals surface area contributed by atoms with E-state index < -0.39 is 0 Å². The molecular formula is C13H21Cl2N3O2. The molecule has 0 spiro atoms. The van der Waals surface area contributed by atoms with Crippen LogP contribution >= 0.6 is 24.8 Å². The quantitative estimate of drug-likeness (QED) is 0.877. The zero-order valence-electron chi connectivity index (χ0n) is 11.4. The summed E-state index contributed by atoms with van der Waals surface area (Å²) >= 11 is 0. The van der Waals surface area contributed by atoms with E-state index in [1.165, 1.54) is 0 Å². The van der Waals surface area contributed by atoms with Crippen LogP contribution in [0, 0.1) is 6.92 Å². The van der Waals surface area contributed by atoms with Gasteiger partial charge in [0.2, 0.25) is 5.91 Å². The minimum absolute atomic E-state index is 0. The summed E-state index contributed by atoms with van der Waals surface area (Å²) in [6.07, 6.45) is 3.00. The number of nitrogens with zero attached hydrogens (tertiary/aromatic N) is 1. The number of carbonyl (C=O) groups excluding carboxylic acids is 1. The summed E-state index contributed by atoms with van der Waals surface area (Å²) in [5.74, 6) is -0.0731. The fourth-order valence-electron chi connectivity index (χ4n) is 2.06. The van der Waals surface area contributed by atoms with Gasteiger partial charge in [0.1, 0.15) is 6.10 Å². The van der Waals surface area contributed by atoms with Crippen LogP contribution in [0.5, 0.6) is 0 Å². The average molecular weight is 322 g/mol. The standard InChI is InChI=1S/C13H19N3O2.2ClH/c1-9-3-2-6-15-11(9)8-16-13(17)12-5-4-10(7-14)18-12;;/h2-3,6,10,12H,4-5,7-8,14H2,1H3,(H,16,17);2*1H/t10-,12+;;/m1../s1. The van der Waals surface area contributed by atoms with Crippen molar-refractivity contribution in [1.29, 1.82) is 0 Å². The molecule has 0 aliphatic carbocycles. The highest BCUT2D eigenvalue weighted by atomic mass is 35.5. The molecule has 0 radical (unpaired) electrons. The van der Waals surface area contributed by atoms with Gasteiger partial charge in [0, 0.05) is 12.7 Å². The summed E-state index contributed by atoms with van der Waals surface area (Å²) in [5.41, 5.74) is 7.48. The Bertz CT molecular complexity index is 432. The number of rotatable bonds is 4. The Hall–Kier alpha value is -0.880. The maximum absolute atomic E-state index is 11.9. The van der Waals surface area contributed by atoms with Crippen molar-refractivity contribution >= 4 is 30.7 Å². The Morgan fingerprint density at radius 3 is 2.85 bits per heavy atom. The molecule has 1 aliphatic rings. The van der Waals surface area contributed by atoms with Crippen LogP contribution in [0.25, 0.3) is 0 Å². The molecule has 0 aromatic carbocycles. The van der Waals surface area contributed by atoms with Gasteiger partial charge in [-0.1, -0.05) is 6.07 Å². The molecule has 0 unspecified atom stereocenters. The molecule has 2 atom stereocenters. The number of carbonyl (C=O) groups is 1. The second-order valence-electron chi connectivity index (χ2n) is 4.54. The van der Waals surface area contributed by atoms with Gasteiger partial charge in [-0.25, -0.2) is 0 Å². The number of amides is 1. The number of pyridine rings is 1. The predicted octanol–water partition coefficient (Wildman–Crippen LogP) is 1.36. The average Bonchev–Trinajstić information content (AvgIpc) is 2.86. The monoisotopic (exact) mass is 321 g/mol. The molecule has 1 aliphatic heterocycles. The highest BCUT2D eigenvalue weighted by Crippen LogP contribution is 2.18. The Morgan fingerprint density at radius 1 is 1.50 bits per heavy atom. The van der Waals surface area contributed by atoms with Crippen molar-refractivity contribution in [3.8, 4) is 0 Å². The lowest BCUT2D eigenvalue weighted by atomic mass is 10.2. The number of halogens is 2. The summed E-state index contributed by atoms with van der Waals surface area (Å²) in [5, 5.41) is 2.86. The molecule has 1 fully saturated rings. The van der Waals surface area contributed by atoms with E-state index in [0.29, 0.717) is 13.1 Å². The molecule has 20 heavy (non-hydrogen) atoms. The number of hydrogen-bond acceptors (Lipinski definition) is 4. The number of aromatic nitrogens is 1. The van der Waals surface area contributed by atoms with Crippen LogP contribution in [0.2, 0.25) is 0 Å². The molecule has 5 nitrogen and oxygen atoms in total. The van der Waals surface area contributed by atoms with Crippen molar-refractivity contribution in [2.75, 3.05) is 6.54 Å². The maximum Gasteiger partial charge on any atom is 0.249 e. The number of aryl methyl sites for hydroxylation is 1. The van der Waals surface area contributed by atoms with E-state index in [2.05, 4.69) is 10.3 Å². The molecule has 7 heteroatoms. The van der Waals surface area contributed by atoms with E-state index in [1.807, 2.05) is 19.1 Å². The Balaban J connectivity index is 0.00000180. The Kier molecular flexibility index (Phi) is 8.73. The van der Waals surface area contributed by atoms with Crippen molar-refractivity contribution < 1.29 is 9.53 Å². The van der Waals surface area contributed by atoms with Crippen molar-refractivity contribution in [2.24, 2.45) is 5.73 Å². The fourth-order valence-corrected chi connectivity index (χ4v) is 2.06. The molecule has 114 valence electrons. The van der Waals surface area contributed by atoms with Gasteiger partial charge in [-0.15, -0.1) is 24.8 Å². The molecular weight excluding hydrogens is 301 g/mol. The van der Waals surface area contributed by atoms with Crippen LogP contribution in [0.3, 0.4) is 0 Å². The Labute approximate surface area is 131 Å². The predicted molar refractivity (Wildman–Crippen MR) is 82.3 cm³/mol. The summed E-state index contributed by atoms with van der Waals surface area (Å²) < 4.78 is 5.53. The van der Waals surface area contributed by atoms with E-state index in [4.69, 9.17) is 10.5 Å². The van der Waals surface area contributed by atoms with Gasteiger partial charge in [0.25, 0.3) is 0 Å². The molecule has 1 aromatic rings. The minimum Gasteiger partial charge on any atom is -0.364 e. The van der Waals surface area contributed by atoms with Crippen LogP contribution in [-0.4, -0.2) is 29.6 Å². The first-order valence-electron chi connectivity index (χ1n) is 6.24. The molecule has 1 saturated heterocycles. The molecule has 3 N–H and O–H groups in total. The van der Waals surface area contributed by atoms with Crippen molar-refractivity contribution in [3.05, 3.63) is 29.6 Å². The van der Waals surface area contributed by atoms with Crippen LogP contribution in [-0.2, 0) is 16.1 Å². The molecule has 0 saturated carbocycles. The second kappa shape index (κ2) is 9.13. The first-order chi connectivity index (χ1) is 8.70. The van der Waals surface area contributed by atoms with Gasteiger partial charge in [-0.3, -0.25) is 9.78 Å². The van der Waals surface area contributed by atoms with Gasteiger partial charge in [-0.05, 0) is 31.4 Å². The number of hydrogen-bond donors (Lipinski definition) is 2. The van der Waals surface area contributed by atoms with Crippen LogP contribution < -0.4 is 11.1 Å². The Morgan fingerprint density at radius 2 is 2.25 bits per heavy atom. The van der Waals surface area contributed by atoms with E-state index in [-0.39, 0.29) is 42.9 Å². The first-order valence-corrected chi connectivity index (χ1v) is 6.24. The summed E-state index contributed by atoms with van der Waals surface area (Å²) in [6, 6.07) is 3.86. The lowest BCUT2D eigenvalue weighted by Gasteiger charge is -2.13. The lowest BCUT2D eigenvalue weighted by Crippen LogP contribution is -2.35. The summed E-state index contributed by atoms with van der Waals surface area (Å²) in [4.78, 5) is 16.1. The summed E-state index contributed by atoms with van der Waals surface area (Å²) in [6.45, 7) is 2.90. The zero-order chi connectivity index (χ0) is 13.0. The molecule has 0 bridgehead atoms. The van der Waals surface area contributed by atoms with E-state index in [0.717, 1.165) is 24.1 Å². The van der Waals surface area contributed by atoms with Crippen molar-refractivity contribution in [1.82, 2.24) is 10.3 Å². The van der Waals surface area contributed by atoms with E-state index >= 15 is 0 Å². The SMILES string of the molecule is Cc1cccnc1CNC(=O)[C@@H]1CC[C@H](CN)O1.Cl.Cl. The largest absolute Gasteiger partial charge is 0.364 e. The van der Waals surface area contributed by atoms with E-state index in [9.17, 15) is 4.79 Å². The van der Waals surface area contributed by atoms with Crippen LogP contribution in [0.1, 0.15) is 24.1 Å². The number of ether oxygens (including phenoxy) is 1. The van der Waals surface area contributed by atoms with Crippen LogP contribution in [0.15, 0.2) is 18.3 Å². The van der Waals surface area contributed by atoms with Crippen LogP contribution in [0.4, 0.5) is 0 Å². The topological polar surface area (TPSA) is 77.2 Å². The summed E-state index contributed by atoms with van der Waals surface area (Å²) in [7, 11) is 0. The van der Waals surface area contributed by atoms with Crippen molar-refractivity contribution in [2.45, 2.75) is 38.5 Å². The lowest BCUT2D eigenvalue weighted by molar-refractivity contribution is -0.132. The molecule has 2 rings (SSSR count). The first kappa shape index (κ1) is 19.1. The number of nitrogens with one attached hydrogen (secondary N) is 1. The molecule has 1 aromatic heterocycles. The normalized spacial score (nSPS) is 20.7. The van der Waals surface area contributed by atoms with Gasteiger partial charge in [0.15, 0.2) is 0 Å². The van der Waals surface area contributed by atoms with E-state index in [1.54, 1.807) is 6.20 Å². The van der Waals surface area contributed by atoms with Gasteiger partial charge in [-0.2, -0.15) is 0 Å². The smallest absolute Gasteiger partial charge is 0.249 e. The fraction of sp³-hybridized carbons (Fsp3) is 0.538. The van der Waals surface area contributed by atoms with Gasteiger partial charge >= 0.3 is 0 Å².